The number of aromatic nitrogens is 2. The fourth-order valence-electron chi connectivity index (χ4n) is 1.90. The van der Waals surface area contributed by atoms with Crippen LogP contribution in [0.1, 0.15) is 38.7 Å². The minimum Gasteiger partial charge on any atom is -0.385 e. The van der Waals surface area contributed by atoms with Gasteiger partial charge in [-0.15, -0.1) is 0 Å². The first-order valence-electron chi connectivity index (χ1n) is 5.26. The van der Waals surface area contributed by atoms with E-state index in [0.29, 0.717) is 6.04 Å². The Hall–Kier alpha value is -1.35. The molecule has 0 aliphatic rings. The van der Waals surface area contributed by atoms with Crippen LogP contribution in [0, 0.1) is 0 Å². The fraction of sp³-hybridized carbons (Fsp3) is 0.417. The van der Waals surface area contributed by atoms with Gasteiger partial charge in [0.2, 0.25) is 0 Å². The van der Waals surface area contributed by atoms with Crippen molar-refractivity contribution in [2.24, 2.45) is 0 Å². The molecule has 15 heavy (non-hydrogen) atoms. The monoisotopic (exact) mass is 204 g/mol. The first kappa shape index (κ1) is 10.2. The maximum Gasteiger partial charge on any atom is 0.138 e. The minimum atomic E-state index is -0.528. The van der Waals surface area contributed by atoms with Gasteiger partial charge in [0.25, 0.3) is 0 Å². The molecule has 2 rings (SSSR count). The zero-order valence-electron chi connectivity index (χ0n) is 9.31. The molecule has 0 amide bonds. The predicted molar refractivity (Wildman–Crippen MR) is 60.8 cm³/mol. The average Bonchev–Trinajstić information content (AvgIpc) is 2.56. The number of hydrogen-bond donors (Lipinski definition) is 1. The summed E-state index contributed by atoms with van der Waals surface area (Å²) in [6, 6.07) is 8.27. The maximum absolute atomic E-state index is 9.67. The van der Waals surface area contributed by atoms with Gasteiger partial charge < -0.3 is 9.67 Å². The molecule has 2 aromatic rings. The van der Waals surface area contributed by atoms with Gasteiger partial charge in [-0.2, -0.15) is 0 Å². The van der Waals surface area contributed by atoms with Gasteiger partial charge >= 0.3 is 0 Å². The molecule has 0 aliphatic carbocycles. The number of aliphatic hydroxyl groups excluding tert-OH is 1. The van der Waals surface area contributed by atoms with Gasteiger partial charge in [-0.1, -0.05) is 12.1 Å². The van der Waals surface area contributed by atoms with Gasteiger partial charge in [0.05, 0.1) is 11.0 Å². The summed E-state index contributed by atoms with van der Waals surface area (Å²) in [5.74, 6) is 0.742. The molecule has 1 aromatic heterocycles. The molecule has 0 saturated carbocycles. The Kier molecular flexibility index (Phi) is 2.49. The second-order valence-corrected chi connectivity index (χ2v) is 4.10. The molecule has 0 spiro atoms. The lowest BCUT2D eigenvalue weighted by Crippen LogP contribution is -2.08. The molecular weight excluding hydrogens is 188 g/mol. The van der Waals surface area contributed by atoms with Crippen LogP contribution in [0.15, 0.2) is 24.3 Å². The topological polar surface area (TPSA) is 38.0 Å². The van der Waals surface area contributed by atoms with Gasteiger partial charge in [-0.05, 0) is 32.9 Å². The fourth-order valence-corrected chi connectivity index (χ4v) is 1.90. The quantitative estimate of drug-likeness (QED) is 0.816. The summed E-state index contributed by atoms with van der Waals surface area (Å²) in [6.07, 6.45) is -0.528. The van der Waals surface area contributed by atoms with E-state index in [2.05, 4.69) is 23.4 Å². The minimum absolute atomic E-state index is 0.307. The molecule has 80 valence electrons. The Morgan fingerprint density at radius 3 is 2.47 bits per heavy atom. The van der Waals surface area contributed by atoms with Crippen molar-refractivity contribution in [2.75, 3.05) is 0 Å². The zero-order chi connectivity index (χ0) is 11.0. The van der Waals surface area contributed by atoms with Gasteiger partial charge in [0.15, 0.2) is 0 Å². The third-order valence-electron chi connectivity index (χ3n) is 2.51. The van der Waals surface area contributed by atoms with E-state index in [1.807, 2.05) is 24.3 Å². The second kappa shape index (κ2) is 3.66. The van der Waals surface area contributed by atoms with Crippen molar-refractivity contribution >= 4 is 11.0 Å². The standard InChI is InChI=1S/C12H16N2O/c1-8(2)14-11-7-5-4-6-10(11)13-12(14)9(3)15/h4-9,15H,1-3H3/t9-/m0/s1. The zero-order valence-corrected chi connectivity index (χ0v) is 9.31. The number of imidazole rings is 1. The van der Waals surface area contributed by atoms with Crippen LogP contribution in [0.5, 0.6) is 0 Å². The Labute approximate surface area is 89.4 Å². The lowest BCUT2D eigenvalue weighted by molar-refractivity contribution is 0.182. The highest BCUT2D eigenvalue weighted by atomic mass is 16.3. The van der Waals surface area contributed by atoms with Crippen LogP contribution >= 0.6 is 0 Å². The van der Waals surface area contributed by atoms with E-state index in [1.165, 1.54) is 0 Å². The van der Waals surface area contributed by atoms with Gasteiger partial charge in [0, 0.05) is 6.04 Å². The van der Waals surface area contributed by atoms with Crippen molar-refractivity contribution < 1.29 is 5.11 Å². The molecule has 0 aliphatic heterocycles. The molecule has 0 saturated heterocycles. The largest absolute Gasteiger partial charge is 0.385 e. The highest BCUT2D eigenvalue weighted by Crippen LogP contribution is 2.24. The summed E-state index contributed by atoms with van der Waals surface area (Å²) in [5, 5.41) is 9.67. The molecule has 0 bridgehead atoms. The number of rotatable bonds is 2. The van der Waals surface area contributed by atoms with Crippen molar-refractivity contribution in [3.05, 3.63) is 30.1 Å². The average molecular weight is 204 g/mol. The van der Waals surface area contributed by atoms with Crippen LogP contribution in [0.25, 0.3) is 11.0 Å². The predicted octanol–water partition coefficient (Wildman–Crippen LogP) is 2.67. The van der Waals surface area contributed by atoms with E-state index >= 15 is 0 Å². The number of fused-ring (bicyclic) bond motifs is 1. The Bertz CT molecular complexity index is 471. The molecule has 0 fully saturated rings. The van der Waals surface area contributed by atoms with Crippen LogP contribution in [0.3, 0.4) is 0 Å². The third kappa shape index (κ3) is 1.63. The molecule has 1 aromatic carbocycles. The Morgan fingerprint density at radius 2 is 1.87 bits per heavy atom. The van der Waals surface area contributed by atoms with E-state index in [-0.39, 0.29) is 0 Å². The summed E-state index contributed by atoms with van der Waals surface area (Å²) in [4.78, 5) is 4.45. The highest BCUT2D eigenvalue weighted by molar-refractivity contribution is 5.76. The van der Waals surface area contributed by atoms with Crippen LogP contribution in [0.2, 0.25) is 0 Å². The van der Waals surface area contributed by atoms with Gasteiger partial charge in [-0.3, -0.25) is 0 Å². The molecular formula is C12H16N2O. The molecule has 1 N–H and O–H groups in total. The number of benzene rings is 1. The van der Waals surface area contributed by atoms with Crippen molar-refractivity contribution in [2.45, 2.75) is 32.9 Å². The van der Waals surface area contributed by atoms with Gasteiger partial charge in [0.1, 0.15) is 11.9 Å². The second-order valence-electron chi connectivity index (χ2n) is 4.10. The molecule has 1 heterocycles. The Morgan fingerprint density at radius 1 is 1.20 bits per heavy atom. The van der Waals surface area contributed by atoms with E-state index in [1.54, 1.807) is 6.92 Å². The van der Waals surface area contributed by atoms with Crippen LogP contribution in [-0.2, 0) is 0 Å². The van der Waals surface area contributed by atoms with E-state index in [0.717, 1.165) is 16.9 Å². The molecule has 0 radical (unpaired) electrons. The van der Waals surface area contributed by atoms with Crippen molar-refractivity contribution in [1.29, 1.82) is 0 Å². The summed E-state index contributed by atoms with van der Waals surface area (Å²) in [5.41, 5.74) is 2.03. The lowest BCUT2D eigenvalue weighted by Gasteiger charge is -2.14. The van der Waals surface area contributed by atoms with Crippen molar-refractivity contribution in [1.82, 2.24) is 9.55 Å². The number of nitrogens with zero attached hydrogens (tertiary/aromatic N) is 2. The number of para-hydroxylation sites is 2. The number of hydrogen-bond acceptors (Lipinski definition) is 2. The molecule has 0 unspecified atom stereocenters. The summed E-state index contributed by atoms with van der Waals surface area (Å²) < 4.78 is 2.08. The maximum atomic E-state index is 9.67. The van der Waals surface area contributed by atoms with Crippen molar-refractivity contribution in [3.8, 4) is 0 Å². The highest BCUT2D eigenvalue weighted by Gasteiger charge is 2.15. The smallest absolute Gasteiger partial charge is 0.138 e. The van der Waals surface area contributed by atoms with Crippen LogP contribution < -0.4 is 0 Å². The number of aliphatic hydroxyl groups is 1. The van der Waals surface area contributed by atoms with Gasteiger partial charge in [-0.25, -0.2) is 4.98 Å². The normalized spacial score (nSPS) is 13.7. The van der Waals surface area contributed by atoms with Crippen LogP contribution in [0.4, 0.5) is 0 Å². The van der Waals surface area contributed by atoms with E-state index in [9.17, 15) is 5.11 Å². The Balaban J connectivity index is 2.75. The molecule has 3 nitrogen and oxygen atoms in total. The first-order valence-corrected chi connectivity index (χ1v) is 5.26. The summed E-state index contributed by atoms with van der Waals surface area (Å²) >= 11 is 0. The first-order chi connectivity index (χ1) is 7.11. The van der Waals surface area contributed by atoms with Crippen molar-refractivity contribution in [3.63, 3.8) is 0 Å². The SMILES string of the molecule is CC(C)n1c([C@H](C)O)nc2ccccc21. The van der Waals surface area contributed by atoms with E-state index < -0.39 is 6.10 Å². The summed E-state index contributed by atoms with van der Waals surface area (Å²) in [6.45, 7) is 5.94. The summed E-state index contributed by atoms with van der Waals surface area (Å²) in [7, 11) is 0. The molecule has 1 atom stereocenters. The molecule has 3 heteroatoms. The van der Waals surface area contributed by atoms with Crippen LogP contribution in [-0.4, -0.2) is 14.7 Å². The lowest BCUT2D eigenvalue weighted by atomic mass is 10.3. The third-order valence-corrected chi connectivity index (χ3v) is 2.51. The van der Waals surface area contributed by atoms with E-state index in [4.69, 9.17) is 0 Å².